The van der Waals surface area contributed by atoms with Crippen LogP contribution in [-0.4, -0.2) is 48.2 Å². The first-order chi connectivity index (χ1) is 20.4. The Morgan fingerprint density at radius 2 is 1.64 bits per heavy atom. The van der Waals surface area contributed by atoms with Crippen LogP contribution in [0.25, 0.3) is 16.6 Å². The number of carbonyl (C=O) groups is 1. The summed E-state index contributed by atoms with van der Waals surface area (Å²) in [5.74, 6) is 2.43. The number of aromatic nitrogens is 2. The average molecular weight is 570 g/mol. The van der Waals surface area contributed by atoms with E-state index in [0.717, 1.165) is 36.8 Å². The number of hydrogen-bond acceptors (Lipinski definition) is 6. The predicted octanol–water partition coefficient (Wildman–Crippen LogP) is 6.04. The molecule has 8 nitrogen and oxygen atoms in total. The number of ether oxygens (including phenoxy) is 3. The largest absolute Gasteiger partial charge is 0.495 e. The Balaban J connectivity index is 1.62. The van der Waals surface area contributed by atoms with Gasteiger partial charge in [-0.2, -0.15) is 0 Å². The highest BCUT2D eigenvalue weighted by Crippen LogP contribution is 2.33. The first kappa shape index (κ1) is 29.2. The topological polar surface area (TPSA) is 82.9 Å². The van der Waals surface area contributed by atoms with Crippen LogP contribution in [-0.2, 0) is 11.2 Å². The molecule has 1 saturated carbocycles. The Labute approximate surface area is 246 Å². The van der Waals surface area contributed by atoms with Gasteiger partial charge in [-0.1, -0.05) is 37.1 Å². The molecule has 1 unspecified atom stereocenters. The van der Waals surface area contributed by atoms with E-state index in [0.29, 0.717) is 52.6 Å². The number of methoxy groups -OCH3 is 3. The molecule has 0 radical (unpaired) electrons. The molecule has 0 aliphatic heterocycles. The number of nitrogens with zero attached hydrogens (tertiary/aromatic N) is 3. The maximum absolute atomic E-state index is 14.1. The number of rotatable bonds is 10. The standard InChI is InChI=1S/C34H39N3O5/c1-22-14-16-29(40-3)28(20-22)37-32(35-27-13-9-8-12-26(27)34(37)39)23(2)36(33(38)25-10-6-7-11-25)19-18-24-15-17-30(41-4)31(21-24)42-5/h8-9,12-17,20-21,23,25H,6-7,10-11,18-19H2,1-5H3. The summed E-state index contributed by atoms with van der Waals surface area (Å²) < 4.78 is 18.3. The average Bonchev–Trinajstić information content (AvgIpc) is 3.56. The van der Waals surface area contributed by atoms with Gasteiger partial charge in [0, 0.05) is 12.5 Å². The zero-order valence-electron chi connectivity index (χ0n) is 25.1. The summed E-state index contributed by atoms with van der Waals surface area (Å²) in [6.07, 6.45) is 4.46. The molecule has 0 spiro atoms. The zero-order valence-corrected chi connectivity index (χ0v) is 25.1. The van der Waals surface area contributed by atoms with E-state index in [1.165, 1.54) is 0 Å². The van der Waals surface area contributed by atoms with Crippen molar-refractivity contribution in [1.29, 1.82) is 0 Å². The highest BCUT2D eigenvalue weighted by atomic mass is 16.5. The monoisotopic (exact) mass is 569 g/mol. The second-order valence-electron chi connectivity index (χ2n) is 10.9. The highest BCUT2D eigenvalue weighted by molar-refractivity contribution is 5.80. The summed E-state index contributed by atoms with van der Waals surface area (Å²) in [5.41, 5.74) is 3.01. The van der Waals surface area contributed by atoms with Gasteiger partial charge >= 0.3 is 0 Å². The van der Waals surface area contributed by atoms with Crippen LogP contribution in [0.2, 0.25) is 0 Å². The van der Waals surface area contributed by atoms with E-state index >= 15 is 0 Å². The van der Waals surface area contributed by atoms with E-state index in [2.05, 4.69) is 0 Å². The Kier molecular flexibility index (Phi) is 8.80. The Morgan fingerprint density at radius 1 is 0.952 bits per heavy atom. The third kappa shape index (κ3) is 5.71. The Hall–Kier alpha value is -4.33. The lowest BCUT2D eigenvalue weighted by atomic mass is 10.0. The fourth-order valence-electron chi connectivity index (χ4n) is 5.96. The lowest BCUT2D eigenvalue weighted by Crippen LogP contribution is -2.41. The molecular formula is C34H39N3O5. The molecule has 3 aromatic carbocycles. The van der Waals surface area contributed by atoms with Gasteiger partial charge in [0.1, 0.15) is 11.6 Å². The van der Waals surface area contributed by atoms with Gasteiger partial charge in [-0.15, -0.1) is 0 Å². The molecule has 1 aliphatic carbocycles. The predicted molar refractivity (Wildman–Crippen MR) is 164 cm³/mol. The van der Waals surface area contributed by atoms with E-state index in [4.69, 9.17) is 19.2 Å². The number of hydrogen-bond donors (Lipinski definition) is 0. The first-order valence-electron chi connectivity index (χ1n) is 14.5. The van der Waals surface area contributed by atoms with Gasteiger partial charge in [-0.05, 0) is 80.6 Å². The highest BCUT2D eigenvalue weighted by Gasteiger charge is 2.33. The molecular weight excluding hydrogens is 530 g/mol. The fourth-order valence-corrected chi connectivity index (χ4v) is 5.96. The molecule has 42 heavy (non-hydrogen) atoms. The molecule has 1 heterocycles. The number of aryl methyl sites for hydroxylation is 1. The molecule has 220 valence electrons. The maximum Gasteiger partial charge on any atom is 0.266 e. The van der Waals surface area contributed by atoms with Gasteiger partial charge in [-0.25, -0.2) is 4.98 Å². The van der Waals surface area contributed by atoms with Crippen LogP contribution in [0.5, 0.6) is 17.2 Å². The summed E-state index contributed by atoms with van der Waals surface area (Å²) in [6, 6.07) is 18.4. The van der Waals surface area contributed by atoms with E-state index in [-0.39, 0.29) is 17.4 Å². The van der Waals surface area contributed by atoms with Crippen molar-refractivity contribution in [3.63, 3.8) is 0 Å². The third-order valence-corrected chi connectivity index (χ3v) is 8.29. The van der Waals surface area contributed by atoms with E-state index < -0.39 is 6.04 Å². The van der Waals surface area contributed by atoms with Gasteiger partial charge in [0.25, 0.3) is 5.56 Å². The molecule has 0 bridgehead atoms. The van der Waals surface area contributed by atoms with Crippen LogP contribution in [0.15, 0.2) is 65.5 Å². The lowest BCUT2D eigenvalue weighted by Gasteiger charge is -2.33. The molecule has 0 N–H and O–H groups in total. The van der Waals surface area contributed by atoms with Crippen molar-refractivity contribution in [1.82, 2.24) is 14.5 Å². The number of amides is 1. The van der Waals surface area contributed by atoms with Crippen molar-refractivity contribution in [2.75, 3.05) is 27.9 Å². The number of para-hydroxylation sites is 1. The van der Waals surface area contributed by atoms with Gasteiger partial charge in [0.2, 0.25) is 5.91 Å². The van der Waals surface area contributed by atoms with E-state index in [9.17, 15) is 9.59 Å². The second kappa shape index (κ2) is 12.7. The molecule has 1 atom stereocenters. The summed E-state index contributed by atoms with van der Waals surface area (Å²) >= 11 is 0. The van der Waals surface area contributed by atoms with Crippen LogP contribution in [0.4, 0.5) is 0 Å². The zero-order chi connectivity index (χ0) is 29.8. The van der Waals surface area contributed by atoms with Crippen molar-refractivity contribution in [2.45, 2.75) is 52.0 Å². The molecule has 1 aromatic heterocycles. The SMILES string of the molecule is COc1ccc(CCN(C(=O)C2CCCC2)C(C)c2nc3ccccc3c(=O)n2-c2cc(C)ccc2OC)cc1OC. The maximum atomic E-state index is 14.1. The quantitative estimate of drug-likeness (QED) is 0.232. The fraction of sp³-hybridized carbons (Fsp3) is 0.382. The third-order valence-electron chi connectivity index (χ3n) is 8.29. The molecule has 1 amide bonds. The van der Waals surface area contributed by atoms with Crippen molar-refractivity contribution in [2.24, 2.45) is 5.92 Å². The smallest absolute Gasteiger partial charge is 0.266 e. The van der Waals surface area contributed by atoms with Crippen LogP contribution in [0.3, 0.4) is 0 Å². The van der Waals surface area contributed by atoms with Crippen molar-refractivity contribution < 1.29 is 19.0 Å². The minimum absolute atomic E-state index is 0.0352. The molecule has 5 rings (SSSR count). The summed E-state index contributed by atoms with van der Waals surface area (Å²) in [7, 11) is 4.82. The summed E-state index contributed by atoms with van der Waals surface area (Å²) in [4.78, 5) is 35.2. The summed E-state index contributed by atoms with van der Waals surface area (Å²) in [5, 5.41) is 0.510. The Morgan fingerprint density at radius 3 is 2.36 bits per heavy atom. The number of carbonyl (C=O) groups excluding carboxylic acids is 1. The Bertz CT molecular complexity index is 1640. The van der Waals surface area contributed by atoms with Crippen LogP contribution < -0.4 is 19.8 Å². The first-order valence-corrected chi connectivity index (χ1v) is 14.5. The van der Waals surface area contributed by atoms with Crippen LogP contribution >= 0.6 is 0 Å². The number of benzene rings is 3. The molecule has 8 heteroatoms. The molecule has 0 saturated heterocycles. The number of fused-ring (bicyclic) bond motifs is 1. The summed E-state index contributed by atoms with van der Waals surface area (Å²) in [6.45, 7) is 4.40. The van der Waals surface area contributed by atoms with Crippen LogP contribution in [0.1, 0.15) is 55.6 Å². The normalized spacial score (nSPS) is 14.1. The van der Waals surface area contributed by atoms with Crippen molar-refractivity contribution >= 4 is 16.8 Å². The van der Waals surface area contributed by atoms with Gasteiger partial charge in [-0.3, -0.25) is 14.2 Å². The molecule has 1 aliphatic rings. The minimum Gasteiger partial charge on any atom is -0.495 e. The van der Waals surface area contributed by atoms with Gasteiger partial charge < -0.3 is 19.1 Å². The second-order valence-corrected chi connectivity index (χ2v) is 10.9. The van der Waals surface area contributed by atoms with E-state index in [1.54, 1.807) is 32.0 Å². The van der Waals surface area contributed by atoms with Crippen LogP contribution in [0, 0.1) is 12.8 Å². The van der Waals surface area contributed by atoms with Crippen molar-refractivity contribution in [3.05, 3.63) is 88.0 Å². The van der Waals surface area contributed by atoms with Gasteiger partial charge in [0.05, 0.1) is 44.0 Å². The van der Waals surface area contributed by atoms with Gasteiger partial charge in [0.15, 0.2) is 11.5 Å². The lowest BCUT2D eigenvalue weighted by molar-refractivity contribution is -0.137. The molecule has 4 aromatic rings. The van der Waals surface area contributed by atoms with E-state index in [1.807, 2.05) is 73.3 Å². The molecule has 1 fully saturated rings. The minimum atomic E-state index is -0.485. The van der Waals surface area contributed by atoms with Crippen molar-refractivity contribution in [3.8, 4) is 22.9 Å².